The first-order chi connectivity index (χ1) is 5.86. The van der Waals surface area contributed by atoms with Crippen LogP contribution in [0.15, 0.2) is 0 Å². The molecule has 72 valence electrons. The molecule has 0 saturated heterocycles. The fourth-order valence-electron chi connectivity index (χ4n) is 2.31. The monoisotopic (exact) mass is 170 g/mol. The highest BCUT2D eigenvalue weighted by Gasteiger charge is 2.18. The molecule has 0 aliphatic heterocycles. The number of hydrogen-bond donors (Lipinski definition) is 1. The predicted octanol–water partition coefficient (Wildman–Crippen LogP) is 2.98. The molecule has 0 aromatic carbocycles. The van der Waals surface area contributed by atoms with Crippen molar-refractivity contribution < 1.29 is 5.11 Å². The molecule has 0 amide bonds. The van der Waals surface area contributed by atoms with Gasteiger partial charge in [0, 0.05) is 6.61 Å². The lowest BCUT2D eigenvalue weighted by atomic mass is 9.79. The van der Waals surface area contributed by atoms with Crippen LogP contribution in [-0.2, 0) is 0 Å². The number of hydrogen-bond acceptors (Lipinski definition) is 1. The van der Waals surface area contributed by atoms with Gasteiger partial charge in [-0.05, 0) is 24.7 Å². The molecular formula is C11H22O. The van der Waals surface area contributed by atoms with Crippen molar-refractivity contribution >= 4 is 0 Å². The second-order valence-electron chi connectivity index (χ2n) is 4.16. The van der Waals surface area contributed by atoms with E-state index in [9.17, 15) is 0 Å². The smallest absolute Gasteiger partial charge is 0.0431 e. The van der Waals surface area contributed by atoms with Crippen molar-refractivity contribution in [2.75, 3.05) is 6.61 Å². The lowest BCUT2D eigenvalue weighted by Gasteiger charge is -2.27. The maximum atomic E-state index is 8.70. The van der Waals surface area contributed by atoms with E-state index < -0.39 is 0 Å². The van der Waals surface area contributed by atoms with Gasteiger partial charge in [-0.3, -0.25) is 0 Å². The molecule has 1 rings (SSSR count). The molecule has 1 saturated carbocycles. The third-order valence-corrected chi connectivity index (χ3v) is 3.31. The highest BCUT2D eigenvalue weighted by Crippen LogP contribution is 2.32. The minimum atomic E-state index is 0.383. The summed E-state index contributed by atoms with van der Waals surface area (Å²) in [5.74, 6) is 1.94. The average Bonchev–Trinajstić information content (AvgIpc) is 2.15. The summed E-state index contributed by atoms with van der Waals surface area (Å²) in [4.78, 5) is 0. The minimum absolute atomic E-state index is 0.383. The van der Waals surface area contributed by atoms with Crippen molar-refractivity contribution in [1.29, 1.82) is 0 Å². The Morgan fingerprint density at radius 2 is 1.67 bits per heavy atom. The summed E-state index contributed by atoms with van der Waals surface area (Å²) >= 11 is 0. The molecule has 1 aliphatic rings. The Morgan fingerprint density at radius 3 is 2.17 bits per heavy atom. The van der Waals surface area contributed by atoms with Crippen molar-refractivity contribution in [3.05, 3.63) is 0 Å². The normalized spacial score (nSPS) is 30.5. The molecule has 0 radical (unpaired) electrons. The molecule has 0 bridgehead atoms. The Kier molecular flexibility index (Phi) is 4.67. The third kappa shape index (κ3) is 3.14. The van der Waals surface area contributed by atoms with Crippen molar-refractivity contribution in [3.8, 4) is 0 Å². The summed E-state index contributed by atoms with van der Waals surface area (Å²) in [6, 6.07) is 0. The second-order valence-corrected chi connectivity index (χ2v) is 4.16. The lowest BCUT2D eigenvalue weighted by Crippen LogP contribution is -2.14. The zero-order valence-electron chi connectivity index (χ0n) is 8.26. The molecule has 1 nitrogen and oxygen atoms in total. The van der Waals surface area contributed by atoms with Crippen LogP contribution >= 0.6 is 0 Å². The quantitative estimate of drug-likeness (QED) is 0.687. The molecule has 0 aromatic rings. The van der Waals surface area contributed by atoms with Gasteiger partial charge in [-0.25, -0.2) is 0 Å². The van der Waals surface area contributed by atoms with Crippen LogP contribution in [0.25, 0.3) is 0 Å². The molecular weight excluding hydrogens is 148 g/mol. The van der Waals surface area contributed by atoms with Crippen LogP contribution in [0, 0.1) is 11.8 Å². The molecule has 0 aromatic heterocycles. The molecule has 0 unspecified atom stereocenters. The summed E-state index contributed by atoms with van der Waals surface area (Å²) in [5.41, 5.74) is 0. The van der Waals surface area contributed by atoms with Crippen LogP contribution in [0.4, 0.5) is 0 Å². The predicted molar refractivity (Wildman–Crippen MR) is 52.1 cm³/mol. The number of aliphatic hydroxyl groups excluding tert-OH is 1. The summed E-state index contributed by atoms with van der Waals surface area (Å²) in [6.45, 7) is 2.69. The van der Waals surface area contributed by atoms with E-state index in [-0.39, 0.29) is 0 Å². The Balaban J connectivity index is 2.09. The fraction of sp³-hybridized carbons (Fsp3) is 1.00. The Bertz CT molecular complexity index is 104. The third-order valence-electron chi connectivity index (χ3n) is 3.31. The highest BCUT2D eigenvalue weighted by molar-refractivity contribution is 4.71. The SMILES string of the molecule is CCC1CCC(CCCO)CC1. The van der Waals surface area contributed by atoms with Crippen LogP contribution in [0.1, 0.15) is 51.9 Å². The number of rotatable bonds is 4. The van der Waals surface area contributed by atoms with Crippen molar-refractivity contribution in [2.24, 2.45) is 11.8 Å². The molecule has 1 heteroatoms. The Hall–Kier alpha value is -0.0400. The largest absolute Gasteiger partial charge is 0.396 e. The summed E-state index contributed by atoms with van der Waals surface area (Å²) in [5, 5.41) is 8.70. The van der Waals surface area contributed by atoms with E-state index in [0.29, 0.717) is 6.61 Å². The van der Waals surface area contributed by atoms with Crippen LogP contribution < -0.4 is 0 Å². The maximum absolute atomic E-state index is 8.70. The second kappa shape index (κ2) is 5.58. The van der Waals surface area contributed by atoms with Crippen molar-refractivity contribution in [1.82, 2.24) is 0 Å². The van der Waals surface area contributed by atoms with E-state index in [1.165, 1.54) is 38.5 Å². The fourth-order valence-corrected chi connectivity index (χ4v) is 2.31. The summed E-state index contributed by atoms with van der Waals surface area (Å²) < 4.78 is 0. The minimum Gasteiger partial charge on any atom is -0.396 e. The van der Waals surface area contributed by atoms with Crippen LogP contribution in [0.2, 0.25) is 0 Å². The topological polar surface area (TPSA) is 20.2 Å². The van der Waals surface area contributed by atoms with Gasteiger partial charge in [-0.15, -0.1) is 0 Å². The Morgan fingerprint density at radius 1 is 1.08 bits per heavy atom. The summed E-state index contributed by atoms with van der Waals surface area (Å²) in [7, 11) is 0. The van der Waals surface area contributed by atoms with Crippen LogP contribution in [0.5, 0.6) is 0 Å². The molecule has 12 heavy (non-hydrogen) atoms. The average molecular weight is 170 g/mol. The van der Waals surface area contributed by atoms with Crippen LogP contribution in [0.3, 0.4) is 0 Å². The molecule has 0 heterocycles. The van der Waals surface area contributed by atoms with E-state index in [1.54, 1.807) is 0 Å². The van der Waals surface area contributed by atoms with Gasteiger partial charge in [0.2, 0.25) is 0 Å². The zero-order chi connectivity index (χ0) is 8.81. The molecule has 1 N–H and O–H groups in total. The van der Waals surface area contributed by atoms with Gasteiger partial charge < -0.3 is 5.11 Å². The van der Waals surface area contributed by atoms with Gasteiger partial charge in [0.15, 0.2) is 0 Å². The van der Waals surface area contributed by atoms with Gasteiger partial charge >= 0.3 is 0 Å². The molecule has 0 spiro atoms. The lowest BCUT2D eigenvalue weighted by molar-refractivity contribution is 0.226. The molecule has 1 aliphatic carbocycles. The van der Waals surface area contributed by atoms with Gasteiger partial charge in [-0.2, -0.15) is 0 Å². The van der Waals surface area contributed by atoms with Gasteiger partial charge in [0.1, 0.15) is 0 Å². The van der Waals surface area contributed by atoms with E-state index in [4.69, 9.17) is 5.11 Å². The maximum Gasteiger partial charge on any atom is 0.0431 e. The first-order valence-electron chi connectivity index (χ1n) is 5.47. The molecule has 0 atom stereocenters. The van der Waals surface area contributed by atoms with Gasteiger partial charge in [0.05, 0.1) is 0 Å². The van der Waals surface area contributed by atoms with Crippen molar-refractivity contribution in [3.63, 3.8) is 0 Å². The Labute approximate surface area is 76.2 Å². The van der Waals surface area contributed by atoms with E-state index in [2.05, 4.69) is 6.92 Å². The van der Waals surface area contributed by atoms with Crippen LogP contribution in [-0.4, -0.2) is 11.7 Å². The van der Waals surface area contributed by atoms with E-state index >= 15 is 0 Å². The first-order valence-corrected chi connectivity index (χ1v) is 5.47. The first kappa shape index (κ1) is 10.0. The molecule has 1 fully saturated rings. The highest BCUT2D eigenvalue weighted by atomic mass is 16.2. The number of aliphatic hydroxyl groups is 1. The van der Waals surface area contributed by atoms with Crippen molar-refractivity contribution in [2.45, 2.75) is 51.9 Å². The summed E-state index contributed by atoms with van der Waals surface area (Å²) in [6.07, 6.45) is 9.34. The zero-order valence-corrected chi connectivity index (χ0v) is 8.26. The van der Waals surface area contributed by atoms with E-state index in [0.717, 1.165) is 18.3 Å². The van der Waals surface area contributed by atoms with E-state index in [1.807, 2.05) is 0 Å². The van der Waals surface area contributed by atoms with Gasteiger partial charge in [-0.1, -0.05) is 39.0 Å². The standard InChI is InChI=1S/C11H22O/c1-2-10-5-7-11(8-6-10)4-3-9-12/h10-12H,2-9H2,1H3. The van der Waals surface area contributed by atoms with Gasteiger partial charge in [0.25, 0.3) is 0 Å².